The van der Waals surface area contributed by atoms with E-state index in [0.717, 1.165) is 35.8 Å². The highest BCUT2D eigenvalue weighted by Crippen LogP contribution is 2.25. The van der Waals surface area contributed by atoms with Gasteiger partial charge in [-0.2, -0.15) is 8.42 Å². The Kier molecular flexibility index (Phi) is 14.5. The number of nitrogens with zero attached hydrogens (tertiary/aromatic N) is 4. The molecule has 4 aromatic carbocycles. The molecule has 0 atom stereocenters. The average molecular weight is 607 g/mol. The van der Waals surface area contributed by atoms with Crippen molar-refractivity contribution in [3.8, 4) is 0 Å². The summed E-state index contributed by atoms with van der Waals surface area (Å²) < 4.78 is 31.6. The molecule has 228 valence electrons. The first-order chi connectivity index (χ1) is 20.5. The summed E-state index contributed by atoms with van der Waals surface area (Å²) in [5.74, 6) is 0.252. The van der Waals surface area contributed by atoms with Crippen LogP contribution in [0.5, 0.6) is 0 Å². The summed E-state index contributed by atoms with van der Waals surface area (Å²) in [7, 11) is -4.67. The van der Waals surface area contributed by atoms with E-state index in [1.54, 1.807) is 0 Å². The van der Waals surface area contributed by atoms with E-state index in [9.17, 15) is 0 Å². The van der Waals surface area contributed by atoms with E-state index >= 15 is 0 Å². The molecule has 0 amide bonds. The lowest BCUT2D eigenvalue weighted by molar-refractivity contribution is 0.381. The minimum atomic E-state index is -4.67. The Morgan fingerprint density at radius 2 is 0.721 bits per heavy atom. The number of benzene rings is 4. The van der Waals surface area contributed by atoms with Crippen molar-refractivity contribution in [2.45, 2.75) is 0 Å². The normalized spacial score (nSPS) is 10.1. The minimum absolute atomic E-state index is 0.126. The van der Waals surface area contributed by atoms with E-state index in [4.69, 9.17) is 40.5 Å². The number of guanidine groups is 2. The zero-order valence-corrected chi connectivity index (χ0v) is 24.4. The molecule has 0 aliphatic heterocycles. The highest BCUT2D eigenvalue weighted by Gasteiger charge is 2.08. The molecule has 4 aromatic rings. The van der Waals surface area contributed by atoms with Gasteiger partial charge in [0.1, 0.15) is 0 Å². The Bertz CT molecular complexity index is 1300. The monoisotopic (exact) mass is 606 g/mol. The average Bonchev–Trinajstić information content (AvgIpc) is 2.99. The number of anilines is 4. The van der Waals surface area contributed by atoms with Gasteiger partial charge in [-0.15, -0.1) is 0 Å². The SMILES string of the molecule is NC(N)=NCCN(c1ccccc1)c1ccccc1.NC(N)=NCCN(c1ccccc1)c1ccccc1.O=S(=O)(O)O. The van der Waals surface area contributed by atoms with Crippen LogP contribution >= 0.6 is 0 Å². The number of hydrogen-bond acceptors (Lipinski definition) is 6. The van der Waals surface area contributed by atoms with Crippen LogP contribution in [0.1, 0.15) is 0 Å². The molecule has 13 heteroatoms. The third kappa shape index (κ3) is 14.9. The molecule has 0 aliphatic rings. The molecule has 0 heterocycles. The highest BCUT2D eigenvalue weighted by atomic mass is 32.3. The predicted octanol–water partition coefficient (Wildman–Crippen LogP) is 3.54. The van der Waals surface area contributed by atoms with Gasteiger partial charge < -0.3 is 32.7 Å². The second kappa shape index (κ2) is 18.3. The maximum absolute atomic E-state index is 8.74. The lowest BCUT2D eigenvalue weighted by Crippen LogP contribution is -2.26. The second-order valence-corrected chi connectivity index (χ2v) is 9.60. The summed E-state index contributed by atoms with van der Waals surface area (Å²) in [5, 5.41) is 0. The van der Waals surface area contributed by atoms with Crippen molar-refractivity contribution >= 4 is 45.1 Å². The van der Waals surface area contributed by atoms with Crippen LogP contribution in [0.4, 0.5) is 22.7 Å². The van der Waals surface area contributed by atoms with Crippen molar-refractivity contribution in [2.75, 3.05) is 36.0 Å². The summed E-state index contributed by atoms with van der Waals surface area (Å²) in [4.78, 5) is 12.5. The quantitative estimate of drug-likeness (QED) is 0.0878. The van der Waals surface area contributed by atoms with Gasteiger partial charge in [0.25, 0.3) is 0 Å². The zero-order valence-electron chi connectivity index (χ0n) is 23.6. The Hall–Kier alpha value is -5.11. The van der Waals surface area contributed by atoms with Crippen LogP contribution in [-0.4, -0.2) is 55.6 Å². The van der Waals surface area contributed by atoms with Crippen LogP contribution in [0.2, 0.25) is 0 Å². The van der Waals surface area contributed by atoms with Crippen LogP contribution in [0.15, 0.2) is 131 Å². The zero-order chi connectivity index (χ0) is 31.5. The Labute approximate surface area is 252 Å². The predicted molar refractivity (Wildman–Crippen MR) is 175 cm³/mol. The molecule has 0 aliphatic carbocycles. The third-order valence-electron chi connectivity index (χ3n) is 5.51. The van der Waals surface area contributed by atoms with Gasteiger partial charge in [0.2, 0.25) is 0 Å². The summed E-state index contributed by atoms with van der Waals surface area (Å²) in [6, 6.07) is 40.7. The highest BCUT2D eigenvalue weighted by molar-refractivity contribution is 7.79. The number of para-hydroxylation sites is 4. The van der Waals surface area contributed by atoms with E-state index in [1.807, 2.05) is 72.8 Å². The molecule has 0 spiro atoms. The van der Waals surface area contributed by atoms with Gasteiger partial charge in [-0.3, -0.25) is 19.1 Å². The van der Waals surface area contributed by atoms with Gasteiger partial charge in [0.05, 0.1) is 13.1 Å². The van der Waals surface area contributed by atoms with Crippen molar-refractivity contribution < 1.29 is 17.5 Å². The summed E-state index contributed by atoms with van der Waals surface area (Å²) >= 11 is 0. The molecule has 4 rings (SSSR count). The van der Waals surface area contributed by atoms with Gasteiger partial charge in [-0.1, -0.05) is 72.8 Å². The fraction of sp³-hybridized carbons (Fsp3) is 0.133. The van der Waals surface area contributed by atoms with Crippen LogP contribution < -0.4 is 32.7 Å². The number of nitrogens with two attached hydrogens (primary N) is 4. The van der Waals surface area contributed by atoms with E-state index in [1.165, 1.54) is 0 Å². The molecule has 0 saturated heterocycles. The molecule has 0 aromatic heterocycles. The van der Waals surface area contributed by atoms with Crippen LogP contribution in [-0.2, 0) is 10.4 Å². The van der Waals surface area contributed by atoms with Gasteiger partial charge in [0, 0.05) is 35.8 Å². The smallest absolute Gasteiger partial charge is 0.370 e. The maximum atomic E-state index is 8.74. The molecule has 12 nitrogen and oxygen atoms in total. The van der Waals surface area contributed by atoms with Crippen LogP contribution in [0.25, 0.3) is 0 Å². The second-order valence-electron chi connectivity index (χ2n) is 8.71. The fourth-order valence-corrected chi connectivity index (χ4v) is 3.80. The molecule has 43 heavy (non-hydrogen) atoms. The first-order valence-electron chi connectivity index (χ1n) is 13.1. The topological polar surface area (TPSA) is 210 Å². The summed E-state index contributed by atoms with van der Waals surface area (Å²) in [5.41, 5.74) is 26.0. The Balaban J connectivity index is 0.000000260. The summed E-state index contributed by atoms with van der Waals surface area (Å²) in [6.07, 6.45) is 0. The van der Waals surface area contributed by atoms with Crippen LogP contribution in [0.3, 0.4) is 0 Å². The maximum Gasteiger partial charge on any atom is 0.394 e. The van der Waals surface area contributed by atoms with Crippen molar-refractivity contribution in [2.24, 2.45) is 32.9 Å². The lowest BCUT2D eigenvalue weighted by Gasteiger charge is -2.24. The Morgan fingerprint density at radius 3 is 0.907 bits per heavy atom. The molecule has 0 radical (unpaired) electrons. The number of rotatable bonds is 10. The van der Waals surface area contributed by atoms with Crippen molar-refractivity contribution in [1.29, 1.82) is 0 Å². The molecule has 0 fully saturated rings. The summed E-state index contributed by atoms with van der Waals surface area (Å²) in [6.45, 7) is 2.58. The number of hydrogen-bond donors (Lipinski definition) is 6. The van der Waals surface area contributed by atoms with Crippen molar-refractivity contribution in [3.63, 3.8) is 0 Å². The minimum Gasteiger partial charge on any atom is -0.370 e. The molecule has 0 saturated carbocycles. The van der Waals surface area contributed by atoms with Gasteiger partial charge >= 0.3 is 10.4 Å². The standard InChI is InChI=1S/2C15H18N4.H2O4S/c2*16-15(17)18-11-12-19(13-7-3-1-4-8-13)14-9-5-2-6-10-14;1-5(2,3)4/h2*1-10H,11-12H2,(H4,16,17,18);(H2,1,2,3,4). The van der Waals surface area contributed by atoms with E-state index in [0.29, 0.717) is 13.1 Å². The van der Waals surface area contributed by atoms with E-state index in [-0.39, 0.29) is 11.9 Å². The van der Waals surface area contributed by atoms with E-state index in [2.05, 4.69) is 68.3 Å². The van der Waals surface area contributed by atoms with Crippen molar-refractivity contribution in [3.05, 3.63) is 121 Å². The Morgan fingerprint density at radius 1 is 0.512 bits per heavy atom. The first kappa shape index (κ1) is 34.1. The lowest BCUT2D eigenvalue weighted by atomic mass is 10.2. The largest absolute Gasteiger partial charge is 0.394 e. The molecular weight excluding hydrogens is 568 g/mol. The fourth-order valence-electron chi connectivity index (χ4n) is 3.80. The molecular formula is C30H38N8O4S. The van der Waals surface area contributed by atoms with Gasteiger partial charge in [-0.05, 0) is 48.5 Å². The van der Waals surface area contributed by atoms with E-state index < -0.39 is 10.4 Å². The van der Waals surface area contributed by atoms with Gasteiger partial charge in [0.15, 0.2) is 11.9 Å². The van der Waals surface area contributed by atoms with Gasteiger partial charge in [-0.25, -0.2) is 0 Å². The molecule has 0 unspecified atom stereocenters. The van der Waals surface area contributed by atoms with Crippen LogP contribution in [0, 0.1) is 0 Å². The number of aliphatic imine (C=N–C) groups is 2. The first-order valence-corrected chi connectivity index (χ1v) is 14.5. The molecule has 0 bridgehead atoms. The third-order valence-corrected chi connectivity index (χ3v) is 5.51. The molecule has 10 N–H and O–H groups in total. The van der Waals surface area contributed by atoms with Crippen molar-refractivity contribution in [1.82, 2.24) is 0 Å².